The van der Waals surface area contributed by atoms with Crippen LogP contribution in [0.3, 0.4) is 0 Å². The lowest BCUT2D eigenvalue weighted by molar-refractivity contribution is 0.101. The van der Waals surface area contributed by atoms with E-state index in [1.165, 1.54) is 0 Å². The van der Waals surface area contributed by atoms with Gasteiger partial charge in [-0.25, -0.2) is 0 Å². The molecule has 0 aromatic heterocycles. The van der Waals surface area contributed by atoms with Gasteiger partial charge in [-0.3, -0.25) is 4.79 Å². The summed E-state index contributed by atoms with van der Waals surface area (Å²) in [6.07, 6.45) is 1.63. The highest BCUT2D eigenvalue weighted by Crippen LogP contribution is 2.41. The summed E-state index contributed by atoms with van der Waals surface area (Å²) < 4.78 is 27.1. The van der Waals surface area contributed by atoms with Gasteiger partial charge in [0.2, 0.25) is 5.78 Å². The van der Waals surface area contributed by atoms with Crippen LogP contribution in [0.4, 0.5) is 0 Å². The molecule has 6 heteroatoms. The number of carbonyl (C=O) groups excluding carboxylic acids is 1. The van der Waals surface area contributed by atoms with Gasteiger partial charge in [0.05, 0.1) is 34.0 Å². The van der Waals surface area contributed by atoms with Gasteiger partial charge in [0.25, 0.3) is 0 Å². The minimum absolute atomic E-state index is 0.192. The standard InChI is InChI=1S/C20H20O6/c1-11-14(22-2)7-6-13-19(21)18(26-20(11)13)9-12-8-16(24-4)17(25-5)10-15(12)23-3/h6-10H,1-5H3/b18-9-. The lowest BCUT2D eigenvalue weighted by atomic mass is 10.1. The van der Waals surface area contributed by atoms with E-state index in [9.17, 15) is 4.79 Å². The van der Waals surface area contributed by atoms with E-state index < -0.39 is 0 Å². The Balaban J connectivity index is 2.06. The van der Waals surface area contributed by atoms with Crippen molar-refractivity contribution in [1.82, 2.24) is 0 Å². The molecule has 0 amide bonds. The molecule has 6 nitrogen and oxygen atoms in total. The number of hydrogen-bond donors (Lipinski definition) is 0. The van der Waals surface area contributed by atoms with Gasteiger partial charge in [0.1, 0.15) is 17.2 Å². The summed E-state index contributed by atoms with van der Waals surface area (Å²) in [5.41, 5.74) is 1.93. The number of ether oxygens (including phenoxy) is 5. The minimum Gasteiger partial charge on any atom is -0.496 e. The van der Waals surface area contributed by atoms with Gasteiger partial charge in [0.15, 0.2) is 17.3 Å². The van der Waals surface area contributed by atoms with E-state index in [0.29, 0.717) is 39.9 Å². The third-order valence-electron chi connectivity index (χ3n) is 4.28. The topological polar surface area (TPSA) is 63.2 Å². The minimum atomic E-state index is -0.192. The van der Waals surface area contributed by atoms with E-state index >= 15 is 0 Å². The summed E-state index contributed by atoms with van der Waals surface area (Å²) in [4.78, 5) is 12.7. The Hall–Kier alpha value is -3.15. The van der Waals surface area contributed by atoms with Crippen LogP contribution in [0.2, 0.25) is 0 Å². The van der Waals surface area contributed by atoms with E-state index in [0.717, 1.165) is 5.56 Å². The molecule has 1 aliphatic heterocycles. The first-order valence-electron chi connectivity index (χ1n) is 7.95. The molecular weight excluding hydrogens is 336 g/mol. The smallest absolute Gasteiger partial charge is 0.231 e. The van der Waals surface area contributed by atoms with Crippen molar-refractivity contribution in [2.45, 2.75) is 6.92 Å². The van der Waals surface area contributed by atoms with E-state index in [1.807, 2.05) is 6.92 Å². The predicted molar refractivity (Wildman–Crippen MR) is 96.8 cm³/mol. The molecule has 2 aromatic rings. The largest absolute Gasteiger partial charge is 0.496 e. The number of fused-ring (bicyclic) bond motifs is 1. The Morgan fingerprint density at radius 3 is 2.08 bits per heavy atom. The van der Waals surface area contributed by atoms with Crippen LogP contribution in [0.25, 0.3) is 6.08 Å². The molecule has 0 unspecified atom stereocenters. The van der Waals surface area contributed by atoms with E-state index in [-0.39, 0.29) is 11.5 Å². The molecule has 0 atom stereocenters. The van der Waals surface area contributed by atoms with Gasteiger partial charge in [0, 0.05) is 17.2 Å². The summed E-state index contributed by atoms with van der Waals surface area (Å²) in [5, 5.41) is 0. The van der Waals surface area contributed by atoms with Crippen molar-refractivity contribution in [3.8, 4) is 28.7 Å². The Bertz CT molecular complexity index is 898. The van der Waals surface area contributed by atoms with Gasteiger partial charge < -0.3 is 23.7 Å². The monoisotopic (exact) mass is 356 g/mol. The maximum absolute atomic E-state index is 12.7. The van der Waals surface area contributed by atoms with Crippen LogP contribution in [0.5, 0.6) is 28.7 Å². The third kappa shape index (κ3) is 2.83. The molecule has 0 spiro atoms. The van der Waals surface area contributed by atoms with Crippen molar-refractivity contribution in [2.24, 2.45) is 0 Å². The Morgan fingerprint density at radius 1 is 0.846 bits per heavy atom. The van der Waals surface area contributed by atoms with Crippen LogP contribution in [-0.4, -0.2) is 34.2 Å². The Kier molecular flexibility index (Phi) is 4.75. The fourth-order valence-electron chi connectivity index (χ4n) is 2.90. The normalized spacial score (nSPS) is 14.0. The molecule has 2 aromatic carbocycles. The average Bonchev–Trinajstić information content (AvgIpc) is 2.98. The van der Waals surface area contributed by atoms with Crippen molar-refractivity contribution >= 4 is 11.9 Å². The highest BCUT2D eigenvalue weighted by atomic mass is 16.5. The van der Waals surface area contributed by atoms with Crippen LogP contribution >= 0.6 is 0 Å². The highest BCUT2D eigenvalue weighted by molar-refractivity contribution is 6.15. The molecule has 26 heavy (non-hydrogen) atoms. The van der Waals surface area contributed by atoms with E-state index in [4.69, 9.17) is 23.7 Å². The van der Waals surface area contributed by atoms with Crippen LogP contribution in [0.1, 0.15) is 21.5 Å². The molecule has 136 valence electrons. The summed E-state index contributed by atoms with van der Waals surface area (Å²) in [7, 11) is 6.22. The molecule has 1 aliphatic rings. The zero-order valence-corrected chi connectivity index (χ0v) is 15.3. The maximum Gasteiger partial charge on any atom is 0.231 e. The highest BCUT2D eigenvalue weighted by Gasteiger charge is 2.30. The quantitative estimate of drug-likeness (QED) is 0.762. The SMILES string of the molecule is COc1cc(OC)c(OC)cc1/C=C1\Oc2c(ccc(OC)c2C)C1=O. The molecule has 1 heterocycles. The van der Waals surface area contributed by atoms with Crippen LogP contribution in [0, 0.1) is 6.92 Å². The summed E-state index contributed by atoms with van der Waals surface area (Å²) in [5.74, 6) is 2.80. The molecule has 0 fully saturated rings. The number of hydrogen-bond acceptors (Lipinski definition) is 6. The number of allylic oxidation sites excluding steroid dienone is 1. The van der Waals surface area contributed by atoms with Crippen LogP contribution in [-0.2, 0) is 0 Å². The molecular formula is C20H20O6. The second kappa shape index (κ2) is 7.00. The van der Waals surface area contributed by atoms with E-state index in [2.05, 4.69) is 0 Å². The lowest BCUT2D eigenvalue weighted by Crippen LogP contribution is -2.00. The van der Waals surface area contributed by atoms with Gasteiger partial charge >= 0.3 is 0 Å². The summed E-state index contributed by atoms with van der Waals surface area (Å²) in [6, 6.07) is 6.90. The van der Waals surface area contributed by atoms with Crippen LogP contribution < -0.4 is 23.7 Å². The van der Waals surface area contributed by atoms with Crippen molar-refractivity contribution < 1.29 is 28.5 Å². The fraction of sp³-hybridized carbons (Fsp3) is 0.250. The molecule has 0 saturated heterocycles. The van der Waals surface area contributed by atoms with Gasteiger partial charge in [-0.2, -0.15) is 0 Å². The molecule has 0 N–H and O–H groups in total. The van der Waals surface area contributed by atoms with Crippen molar-refractivity contribution in [2.75, 3.05) is 28.4 Å². The van der Waals surface area contributed by atoms with Crippen molar-refractivity contribution in [1.29, 1.82) is 0 Å². The van der Waals surface area contributed by atoms with E-state index in [1.54, 1.807) is 58.8 Å². The second-order valence-electron chi connectivity index (χ2n) is 5.66. The first-order chi connectivity index (χ1) is 12.5. The zero-order valence-electron chi connectivity index (χ0n) is 15.3. The van der Waals surface area contributed by atoms with Gasteiger partial charge in [-0.1, -0.05) is 0 Å². The second-order valence-corrected chi connectivity index (χ2v) is 5.66. The number of benzene rings is 2. The maximum atomic E-state index is 12.7. The summed E-state index contributed by atoms with van der Waals surface area (Å²) >= 11 is 0. The fourth-order valence-corrected chi connectivity index (χ4v) is 2.90. The van der Waals surface area contributed by atoms with Gasteiger partial charge in [-0.05, 0) is 31.2 Å². The first-order valence-corrected chi connectivity index (χ1v) is 7.95. The first kappa shape index (κ1) is 17.7. The molecule has 3 rings (SSSR count). The number of rotatable bonds is 5. The molecule has 0 bridgehead atoms. The number of ketones is 1. The molecule has 0 aliphatic carbocycles. The summed E-state index contributed by atoms with van der Waals surface area (Å²) in [6.45, 7) is 1.85. The van der Waals surface area contributed by atoms with Crippen molar-refractivity contribution in [3.63, 3.8) is 0 Å². The van der Waals surface area contributed by atoms with Crippen molar-refractivity contribution in [3.05, 3.63) is 46.7 Å². The Labute approximate surface area is 151 Å². The predicted octanol–water partition coefficient (Wildman–Crippen LogP) is 3.65. The Morgan fingerprint density at radius 2 is 1.46 bits per heavy atom. The number of carbonyl (C=O) groups is 1. The number of methoxy groups -OCH3 is 4. The molecule has 0 radical (unpaired) electrons. The average molecular weight is 356 g/mol. The lowest BCUT2D eigenvalue weighted by Gasteiger charge is -2.12. The third-order valence-corrected chi connectivity index (χ3v) is 4.28. The zero-order chi connectivity index (χ0) is 18.8. The van der Waals surface area contributed by atoms with Gasteiger partial charge in [-0.15, -0.1) is 0 Å². The van der Waals surface area contributed by atoms with Crippen LogP contribution in [0.15, 0.2) is 30.0 Å². The molecule has 0 saturated carbocycles. The number of Topliss-reactive ketones (excluding diaryl/α,β-unsaturated/α-hetero) is 1.